The number of aliphatic hydroxyl groups is 1. The van der Waals surface area contributed by atoms with Gasteiger partial charge in [0, 0.05) is 30.5 Å². The molecule has 1 aliphatic rings. The molecule has 1 aromatic heterocycles. The molecule has 0 amide bonds. The van der Waals surface area contributed by atoms with Crippen molar-refractivity contribution in [2.75, 3.05) is 6.54 Å². The second-order valence-electron chi connectivity index (χ2n) is 5.53. The van der Waals surface area contributed by atoms with Crippen LogP contribution >= 0.6 is 0 Å². The number of hydrogen-bond acceptors (Lipinski definition) is 3. The van der Waals surface area contributed by atoms with E-state index in [9.17, 15) is 5.11 Å². The Morgan fingerprint density at radius 2 is 2.11 bits per heavy atom. The third-order valence-corrected chi connectivity index (χ3v) is 4.14. The zero-order valence-corrected chi connectivity index (χ0v) is 11.4. The monoisotopic (exact) mass is 259 g/mol. The van der Waals surface area contributed by atoms with E-state index in [1.165, 1.54) is 10.9 Å². The zero-order chi connectivity index (χ0) is 13.3. The average molecular weight is 259 g/mol. The molecule has 1 aromatic carbocycles. The number of para-hydroxylation sites is 1. The first-order chi connectivity index (χ1) is 9.22. The molecule has 1 saturated carbocycles. The molecule has 0 spiro atoms. The first kappa shape index (κ1) is 12.7. The fraction of sp³-hybridized carbons (Fsp3) is 0.500. The second-order valence-corrected chi connectivity index (χ2v) is 5.53. The molecule has 3 heteroatoms. The number of nitrogens with one attached hydrogen (secondary N) is 1. The van der Waals surface area contributed by atoms with Gasteiger partial charge in [-0.1, -0.05) is 25.1 Å². The normalized spacial score (nSPS) is 17.6. The number of hydrogen-bond donors (Lipinski definition) is 2. The number of rotatable bonds is 5. The lowest BCUT2D eigenvalue weighted by molar-refractivity contribution is -0.0314. The summed E-state index contributed by atoms with van der Waals surface area (Å²) >= 11 is 0. The molecule has 1 heterocycles. The van der Waals surface area contributed by atoms with Crippen LogP contribution in [0.3, 0.4) is 0 Å². The minimum atomic E-state index is -0.466. The van der Waals surface area contributed by atoms with E-state index in [-0.39, 0.29) is 0 Å². The van der Waals surface area contributed by atoms with E-state index < -0.39 is 5.60 Å². The molecule has 1 aliphatic carbocycles. The summed E-state index contributed by atoms with van der Waals surface area (Å²) < 4.78 is 5.87. The van der Waals surface area contributed by atoms with Gasteiger partial charge in [-0.3, -0.25) is 0 Å². The molecule has 0 aliphatic heterocycles. The van der Waals surface area contributed by atoms with E-state index in [0.717, 1.165) is 43.6 Å². The van der Waals surface area contributed by atoms with E-state index >= 15 is 0 Å². The molecular formula is C16H21NO2. The van der Waals surface area contributed by atoms with Crippen LogP contribution in [0, 0.1) is 0 Å². The van der Waals surface area contributed by atoms with Crippen LogP contribution in [0.2, 0.25) is 0 Å². The molecule has 0 saturated heterocycles. The largest absolute Gasteiger partial charge is 0.461 e. The highest BCUT2D eigenvalue weighted by molar-refractivity contribution is 5.82. The molecule has 3 rings (SSSR count). The van der Waals surface area contributed by atoms with Crippen molar-refractivity contribution in [3.05, 3.63) is 35.6 Å². The second kappa shape index (κ2) is 4.99. The lowest BCUT2D eigenvalue weighted by Crippen LogP contribution is -2.46. The minimum Gasteiger partial charge on any atom is -0.461 e. The predicted octanol–water partition coefficient (Wildman–Crippen LogP) is 3.00. The third-order valence-electron chi connectivity index (χ3n) is 4.14. The topological polar surface area (TPSA) is 45.4 Å². The zero-order valence-electron chi connectivity index (χ0n) is 11.4. The predicted molar refractivity (Wildman–Crippen MR) is 76.1 cm³/mol. The van der Waals surface area contributed by atoms with Crippen molar-refractivity contribution in [2.24, 2.45) is 0 Å². The quantitative estimate of drug-likeness (QED) is 0.867. The number of aryl methyl sites for hydroxylation is 1. The van der Waals surface area contributed by atoms with Gasteiger partial charge in [-0.05, 0) is 25.3 Å². The smallest absolute Gasteiger partial charge is 0.134 e. The van der Waals surface area contributed by atoms with Crippen molar-refractivity contribution in [1.82, 2.24) is 5.32 Å². The van der Waals surface area contributed by atoms with E-state index in [1.54, 1.807) is 0 Å². The van der Waals surface area contributed by atoms with Crippen molar-refractivity contribution < 1.29 is 9.52 Å². The number of benzene rings is 1. The molecule has 19 heavy (non-hydrogen) atoms. The van der Waals surface area contributed by atoms with Crippen LogP contribution in [0.4, 0.5) is 0 Å². The van der Waals surface area contributed by atoms with Crippen molar-refractivity contribution in [2.45, 2.75) is 44.8 Å². The fourth-order valence-corrected chi connectivity index (χ4v) is 2.81. The van der Waals surface area contributed by atoms with Crippen LogP contribution in [0.25, 0.3) is 11.0 Å². The molecule has 3 nitrogen and oxygen atoms in total. The first-order valence-electron chi connectivity index (χ1n) is 7.14. The Balaban J connectivity index is 1.75. The summed E-state index contributed by atoms with van der Waals surface area (Å²) in [7, 11) is 0. The van der Waals surface area contributed by atoms with Crippen LogP contribution in [-0.2, 0) is 13.0 Å². The van der Waals surface area contributed by atoms with Crippen LogP contribution < -0.4 is 5.32 Å². The van der Waals surface area contributed by atoms with Gasteiger partial charge in [-0.2, -0.15) is 0 Å². The standard InChI is InChI=1S/C16H21NO2/c1-2-14-13(10-17-11-16(18)8-5-9-16)12-6-3-4-7-15(12)19-14/h3-4,6-7,17-18H,2,5,8-11H2,1H3. The third kappa shape index (κ3) is 2.40. The molecule has 0 atom stereocenters. The van der Waals surface area contributed by atoms with E-state index in [1.807, 2.05) is 18.2 Å². The van der Waals surface area contributed by atoms with Crippen LogP contribution in [0.1, 0.15) is 37.5 Å². The molecule has 102 valence electrons. The van der Waals surface area contributed by atoms with Crippen molar-refractivity contribution in [3.8, 4) is 0 Å². The van der Waals surface area contributed by atoms with Crippen LogP contribution in [-0.4, -0.2) is 17.3 Å². The lowest BCUT2D eigenvalue weighted by Gasteiger charge is -2.36. The Bertz CT molecular complexity index is 569. The summed E-state index contributed by atoms with van der Waals surface area (Å²) in [6.45, 7) is 3.55. The molecule has 2 aromatic rings. The van der Waals surface area contributed by atoms with Gasteiger partial charge in [-0.25, -0.2) is 0 Å². The van der Waals surface area contributed by atoms with Crippen LogP contribution in [0.15, 0.2) is 28.7 Å². The SMILES string of the molecule is CCc1oc2ccccc2c1CNCC1(O)CCC1. The molecule has 1 fully saturated rings. The maximum atomic E-state index is 10.1. The van der Waals surface area contributed by atoms with Crippen molar-refractivity contribution >= 4 is 11.0 Å². The summed E-state index contributed by atoms with van der Waals surface area (Å²) in [5, 5.41) is 14.7. The number of fused-ring (bicyclic) bond motifs is 1. The highest BCUT2D eigenvalue weighted by Crippen LogP contribution is 2.31. The van der Waals surface area contributed by atoms with E-state index in [0.29, 0.717) is 6.54 Å². The highest BCUT2D eigenvalue weighted by atomic mass is 16.3. The first-order valence-corrected chi connectivity index (χ1v) is 7.14. The van der Waals surface area contributed by atoms with Gasteiger partial charge in [0.2, 0.25) is 0 Å². The van der Waals surface area contributed by atoms with E-state index in [4.69, 9.17) is 4.42 Å². The van der Waals surface area contributed by atoms with Crippen molar-refractivity contribution in [3.63, 3.8) is 0 Å². The molecule has 0 unspecified atom stereocenters. The van der Waals surface area contributed by atoms with Crippen LogP contribution in [0.5, 0.6) is 0 Å². The Kier molecular flexibility index (Phi) is 3.33. The lowest BCUT2D eigenvalue weighted by atomic mass is 9.80. The molecule has 0 radical (unpaired) electrons. The maximum Gasteiger partial charge on any atom is 0.134 e. The Morgan fingerprint density at radius 3 is 2.79 bits per heavy atom. The van der Waals surface area contributed by atoms with Gasteiger partial charge in [0.1, 0.15) is 11.3 Å². The van der Waals surface area contributed by atoms with Gasteiger partial charge < -0.3 is 14.8 Å². The van der Waals surface area contributed by atoms with Crippen molar-refractivity contribution in [1.29, 1.82) is 0 Å². The number of furan rings is 1. The average Bonchev–Trinajstić information content (AvgIpc) is 2.75. The maximum absolute atomic E-state index is 10.1. The summed E-state index contributed by atoms with van der Waals surface area (Å²) in [5.74, 6) is 1.05. The molecule has 0 bridgehead atoms. The van der Waals surface area contributed by atoms with E-state index in [2.05, 4.69) is 18.3 Å². The molecular weight excluding hydrogens is 238 g/mol. The Labute approximate surface area is 113 Å². The molecule has 2 N–H and O–H groups in total. The minimum absolute atomic E-state index is 0.466. The Morgan fingerprint density at radius 1 is 1.32 bits per heavy atom. The summed E-state index contributed by atoms with van der Waals surface area (Å²) in [6.07, 6.45) is 3.89. The van der Waals surface area contributed by atoms with Gasteiger partial charge in [0.25, 0.3) is 0 Å². The van der Waals surface area contributed by atoms with Gasteiger partial charge >= 0.3 is 0 Å². The van der Waals surface area contributed by atoms with Gasteiger partial charge in [0.05, 0.1) is 5.60 Å². The van der Waals surface area contributed by atoms with Gasteiger partial charge in [0.15, 0.2) is 0 Å². The van der Waals surface area contributed by atoms with Gasteiger partial charge in [-0.15, -0.1) is 0 Å². The summed E-state index contributed by atoms with van der Waals surface area (Å²) in [4.78, 5) is 0. The Hall–Kier alpha value is -1.32. The fourth-order valence-electron chi connectivity index (χ4n) is 2.81. The summed E-state index contributed by atoms with van der Waals surface area (Å²) in [6, 6.07) is 8.16. The summed E-state index contributed by atoms with van der Waals surface area (Å²) in [5.41, 5.74) is 1.73. The highest BCUT2D eigenvalue weighted by Gasteiger charge is 2.33.